The number of halogens is 2. The molecule has 0 spiro atoms. The fourth-order valence-corrected chi connectivity index (χ4v) is 6.47. The normalized spacial score (nSPS) is 20.8. The van der Waals surface area contributed by atoms with Crippen LogP contribution in [-0.4, -0.2) is 35.1 Å². The highest BCUT2D eigenvalue weighted by atomic mass is 35.5. The Morgan fingerprint density at radius 1 is 0.917 bits per heavy atom. The van der Waals surface area contributed by atoms with E-state index >= 15 is 0 Å². The van der Waals surface area contributed by atoms with Crippen molar-refractivity contribution in [2.45, 2.75) is 13.0 Å². The molecule has 0 aliphatic carbocycles. The Morgan fingerprint density at radius 2 is 1.64 bits per heavy atom. The first-order chi connectivity index (χ1) is 17.5. The third kappa shape index (κ3) is 4.22. The number of amidine groups is 1. The maximum Gasteiger partial charge on any atom is 0.174 e. The zero-order valence-corrected chi connectivity index (χ0v) is 22.4. The fourth-order valence-electron chi connectivity index (χ4n) is 5.11. The van der Waals surface area contributed by atoms with Crippen molar-refractivity contribution >= 4 is 51.9 Å². The smallest absolute Gasteiger partial charge is 0.174 e. The van der Waals surface area contributed by atoms with Crippen LogP contribution in [0.3, 0.4) is 0 Å². The summed E-state index contributed by atoms with van der Waals surface area (Å²) >= 11 is 15.1. The third-order valence-electron chi connectivity index (χ3n) is 6.81. The number of hydrogen-bond donors (Lipinski definition) is 0. The quantitative estimate of drug-likeness (QED) is 0.342. The Balaban J connectivity index is 1.54. The summed E-state index contributed by atoms with van der Waals surface area (Å²) in [5.74, 6) is 0. The summed E-state index contributed by atoms with van der Waals surface area (Å²) in [6, 6.07) is 24.8. The van der Waals surface area contributed by atoms with Gasteiger partial charge in [0.1, 0.15) is 0 Å². The fraction of sp³-hybridized carbons (Fsp3) is 0.167. The molecule has 0 aromatic heterocycles. The van der Waals surface area contributed by atoms with Crippen molar-refractivity contribution in [2.75, 3.05) is 20.1 Å². The van der Waals surface area contributed by atoms with E-state index in [1.807, 2.05) is 30.3 Å². The number of likely N-dealkylation sites (N-methyl/N-ethyl adjacent to an activating group) is 1. The molecule has 6 heteroatoms. The van der Waals surface area contributed by atoms with Crippen LogP contribution < -0.4 is 0 Å². The van der Waals surface area contributed by atoms with Crippen molar-refractivity contribution in [3.8, 4) is 0 Å². The Morgan fingerprint density at radius 3 is 2.39 bits per heavy atom. The number of nitrogens with zero attached hydrogens (tertiary/aromatic N) is 3. The van der Waals surface area contributed by atoms with Gasteiger partial charge in [-0.05, 0) is 60.0 Å². The van der Waals surface area contributed by atoms with Crippen molar-refractivity contribution < 1.29 is 0 Å². The van der Waals surface area contributed by atoms with E-state index in [9.17, 15) is 0 Å². The van der Waals surface area contributed by atoms with E-state index in [-0.39, 0.29) is 6.04 Å². The van der Waals surface area contributed by atoms with Crippen LogP contribution in [-0.2, 0) is 0 Å². The third-order valence-corrected chi connectivity index (χ3v) is 8.34. The van der Waals surface area contributed by atoms with Crippen molar-refractivity contribution in [2.24, 2.45) is 4.99 Å². The molecule has 0 radical (unpaired) electrons. The molecule has 3 heterocycles. The first-order valence-electron chi connectivity index (χ1n) is 11.9. The molecular formula is C30H25Cl2N3S. The zero-order valence-electron chi connectivity index (χ0n) is 20.1. The summed E-state index contributed by atoms with van der Waals surface area (Å²) in [7, 11) is 2.16. The molecule has 180 valence electrons. The highest BCUT2D eigenvalue weighted by Gasteiger charge is 2.41. The van der Waals surface area contributed by atoms with Gasteiger partial charge in [0.15, 0.2) is 5.17 Å². The Bertz CT molecular complexity index is 1470. The monoisotopic (exact) mass is 529 g/mol. The van der Waals surface area contributed by atoms with Crippen molar-refractivity contribution in [3.05, 3.63) is 127 Å². The first kappa shape index (κ1) is 23.6. The minimum Gasteiger partial charge on any atom is -0.308 e. The van der Waals surface area contributed by atoms with Gasteiger partial charge in [-0.3, -0.25) is 4.90 Å². The molecule has 36 heavy (non-hydrogen) atoms. The SMILES string of the molecule is Cc1ccc(C2=CSC3=NC4=C(CN(C)C/C4=C\c4ccccc4Cl)C(c4ccccc4Cl)N23)cc1. The molecule has 3 aliphatic rings. The molecule has 3 aromatic rings. The molecule has 1 atom stereocenters. The maximum absolute atomic E-state index is 6.86. The largest absolute Gasteiger partial charge is 0.308 e. The van der Waals surface area contributed by atoms with E-state index in [4.69, 9.17) is 28.2 Å². The number of fused-ring (bicyclic) bond motifs is 1. The standard InChI is InChI=1S/C30H25Cl2N3S/c1-19-11-13-20(14-12-19)27-18-36-30-33-28-22(15-21-7-3-5-9-25(21)31)16-34(2)17-24(28)29(35(27)30)23-8-4-6-10-26(23)32/h3-15,18,29H,16-17H2,1-2H3/b22-15+. The number of benzene rings is 3. The van der Waals surface area contributed by atoms with Gasteiger partial charge in [-0.2, -0.15) is 0 Å². The van der Waals surface area contributed by atoms with Crippen molar-refractivity contribution in [3.63, 3.8) is 0 Å². The number of hydrogen-bond acceptors (Lipinski definition) is 4. The average Bonchev–Trinajstić information content (AvgIpc) is 3.29. The predicted octanol–water partition coefficient (Wildman–Crippen LogP) is 8.04. The second kappa shape index (κ2) is 9.60. The van der Waals surface area contributed by atoms with Gasteiger partial charge >= 0.3 is 0 Å². The van der Waals surface area contributed by atoms with E-state index in [0.717, 1.165) is 50.8 Å². The molecule has 3 aliphatic heterocycles. The number of aliphatic imine (C=N–C) groups is 1. The number of rotatable bonds is 3. The lowest BCUT2D eigenvalue weighted by molar-refractivity contribution is 0.344. The molecule has 3 aromatic carbocycles. The van der Waals surface area contributed by atoms with Gasteiger partial charge < -0.3 is 4.90 Å². The van der Waals surface area contributed by atoms with Crippen molar-refractivity contribution in [1.82, 2.24) is 9.80 Å². The average molecular weight is 531 g/mol. The summed E-state index contributed by atoms with van der Waals surface area (Å²) in [6.45, 7) is 3.73. The minimum atomic E-state index is -0.0545. The van der Waals surface area contributed by atoms with Crippen LogP contribution >= 0.6 is 35.0 Å². The Hall–Kier alpha value is -2.76. The highest BCUT2D eigenvalue weighted by Crippen LogP contribution is 2.50. The van der Waals surface area contributed by atoms with Gasteiger partial charge in [0.2, 0.25) is 0 Å². The molecule has 0 saturated heterocycles. The van der Waals surface area contributed by atoms with Crippen LogP contribution in [0.25, 0.3) is 11.8 Å². The zero-order chi connectivity index (χ0) is 24.8. The molecule has 3 nitrogen and oxygen atoms in total. The van der Waals surface area contributed by atoms with Gasteiger partial charge in [-0.1, -0.05) is 101 Å². The van der Waals surface area contributed by atoms with Gasteiger partial charge in [-0.15, -0.1) is 0 Å². The highest BCUT2D eigenvalue weighted by molar-refractivity contribution is 8.16. The van der Waals surface area contributed by atoms with Crippen LogP contribution in [0.4, 0.5) is 0 Å². The van der Waals surface area contributed by atoms with E-state index in [1.54, 1.807) is 11.8 Å². The first-order valence-corrected chi connectivity index (χ1v) is 13.6. The summed E-state index contributed by atoms with van der Waals surface area (Å²) in [5, 5.41) is 4.70. The van der Waals surface area contributed by atoms with E-state index in [1.165, 1.54) is 22.3 Å². The van der Waals surface area contributed by atoms with E-state index < -0.39 is 0 Å². The molecule has 6 rings (SSSR count). The second-order valence-electron chi connectivity index (χ2n) is 9.41. The van der Waals surface area contributed by atoms with Gasteiger partial charge in [0.25, 0.3) is 0 Å². The second-order valence-corrected chi connectivity index (χ2v) is 11.1. The molecular weight excluding hydrogens is 505 g/mol. The molecule has 0 amide bonds. The van der Waals surface area contributed by atoms with Crippen LogP contribution in [0.2, 0.25) is 10.0 Å². The van der Waals surface area contributed by atoms with Gasteiger partial charge in [0, 0.05) is 28.5 Å². The topological polar surface area (TPSA) is 18.8 Å². The molecule has 0 bridgehead atoms. The predicted molar refractivity (Wildman–Crippen MR) is 154 cm³/mol. The number of aryl methyl sites for hydroxylation is 1. The van der Waals surface area contributed by atoms with E-state index in [2.05, 4.69) is 77.7 Å². The summed E-state index contributed by atoms with van der Waals surface area (Å²) < 4.78 is 0. The molecule has 1 unspecified atom stereocenters. The van der Waals surface area contributed by atoms with Gasteiger partial charge in [0.05, 0.1) is 17.4 Å². The summed E-state index contributed by atoms with van der Waals surface area (Å²) in [5.41, 5.74) is 9.14. The lowest BCUT2D eigenvalue weighted by atomic mass is 9.88. The molecule has 0 fully saturated rings. The van der Waals surface area contributed by atoms with Crippen LogP contribution in [0.15, 0.2) is 100 Å². The maximum atomic E-state index is 6.86. The summed E-state index contributed by atoms with van der Waals surface area (Å²) in [6.07, 6.45) is 2.19. The van der Waals surface area contributed by atoms with Gasteiger partial charge in [-0.25, -0.2) is 4.99 Å². The van der Waals surface area contributed by atoms with Crippen molar-refractivity contribution in [1.29, 1.82) is 0 Å². The number of thioether (sulfide) groups is 1. The minimum absolute atomic E-state index is 0.0545. The molecule has 0 N–H and O–H groups in total. The van der Waals surface area contributed by atoms with Crippen LogP contribution in [0.1, 0.15) is 28.3 Å². The van der Waals surface area contributed by atoms with Crippen LogP contribution in [0.5, 0.6) is 0 Å². The Kier molecular flexibility index (Phi) is 6.30. The lowest BCUT2D eigenvalue weighted by Crippen LogP contribution is -2.40. The lowest BCUT2D eigenvalue weighted by Gasteiger charge is -2.42. The van der Waals surface area contributed by atoms with E-state index in [0.29, 0.717) is 0 Å². The Labute approximate surface area is 226 Å². The van der Waals surface area contributed by atoms with Crippen LogP contribution in [0, 0.1) is 6.92 Å². The molecule has 0 saturated carbocycles. The summed E-state index contributed by atoms with van der Waals surface area (Å²) in [4.78, 5) is 9.96.